The van der Waals surface area contributed by atoms with E-state index in [2.05, 4.69) is 25.1 Å². The summed E-state index contributed by atoms with van der Waals surface area (Å²) in [5.41, 5.74) is 2.79. The van der Waals surface area contributed by atoms with Gasteiger partial charge in [0.25, 0.3) is 0 Å². The van der Waals surface area contributed by atoms with Crippen molar-refractivity contribution in [1.82, 2.24) is 0 Å². The zero-order chi connectivity index (χ0) is 19.7. The smallest absolute Gasteiger partial charge is 0.166 e. The topological polar surface area (TPSA) is 0 Å². The van der Waals surface area contributed by atoms with Crippen molar-refractivity contribution in [3.05, 3.63) is 71.3 Å². The van der Waals surface area contributed by atoms with E-state index in [4.69, 9.17) is 0 Å². The van der Waals surface area contributed by atoms with Crippen LogP contribution in [0.25, 0.3) is 21.9 Å². The largest absolute Gasteiger partial charge is 0.203 e. The van der Waals surface area contributed by atoms with Gasteiger partial charge < -0.3 is 0 Å². The van der Waals surface area contributed by atoms with Crippen molar-refractivity contribution in [2.24, 2.45) is 5.92 Å². The Morgan fingerprint density at radius 2 is 1.54 bits per heavy atom. The molecule has 3 aromatic rings. The van der Waals surface area contributed by atoms with Crippen molar-refractivity contribution in [2.75, 3.05) is 0 Å². The molecular weight excluding hydrogens is 350 g/mol. The lowest BCUT2D eigenvalue weighted by molar-refractivity contribution is 0.308. The molecule has 1 aliphatic rings. The lowest BCUT2D eigenvalue weighted by Crippen LogP contribution is -2.13. The molecule has 0 heterocycles. The number of hydrogen-bond donors (Lipinski definition) is 0. The Balaban J connectivity index is 1.59. The second-order valence-corrected chi connectivity index (χ2v) is 8.39. The number of fused-ring (bicyclic) bond motifs is 1. The highest BCUT2D eigenvalue weighted by atomic mass is 19.2. The Labute approximate surface area is 166 Å². The Hall–Kier alpha value is -2.22. The molecule has 0 bridgehead atoms. The molecule has 0 N–H and O–H groups in total. The molecule has 0 radical (unpaired) electrons. The van der Waals surface area contributed by atoms with Crippen LogP contribution < -0.4 is 0 Å². The van der Waals surface area contributed by atoms with Crippen molar-refractivity contribution in [3.8, 4) is 11.1 Å². The van der Waals surface area contributed by atoms with E-state index in [1.54, 1.807) is 19.1 Å². The second kappa shape index (κ2) is 8.03. The van der Waals surface area contributed by atoms with E-state index < -0.39 is 11.6 Å². The molecule has 0 nitrogen and oxygen atoms in total. The van der Waals surface area contributed by atoms with Crippen LogP contribution in [0.4, 0.5) is 8.78 Å². The van der Waals surface area contributed by atoms with Gasteiger partial charge in [0.05, 0.1) is 0 Å². The van der Waals surface area contributed by atoms with Gasteiger partial charge >= 0.3 is 0 Å². The van der Waals surface area contributed by atoms with Crippen molar-refractivity contribution in [2.45, 2.75) is 58.3 Å². The van der Waals surface area contributed by atoms with Crippen molar-refractivity contribution < 1.29 is 8.78 Å². The normalized spacial score (nSPS) is 19.9. The third kappa shape index (κ3) is 3.70. The number of halogens is 2. The molecule has 146 valence electrons. The maximum atomic E-state index is 14.4. The van der Waals surface area contributed by atoms with Gasteiger partial charge in [0.15, 0.2) is 11.6 Å². The number of hydrogen-bond acceptors (Lipinski definition) is 0. The molecule has 0 amide bonds. The van der Waals surface area contributed by atoms with Gasteiger partial charge in [-0.3, -0.25) is 0 Å². The summed E-state index contributed by atoms with van der Waals surface area (Å²) < 4.78 is 28.3. The van der Waals surface area contributed by atoms with E-state index in [9.17, 15) is 8.78 Å². The minimum Gasteiger partial charge on any atom is -0.203 e. The van der Waals surface area contributed by atoms with Crippen LogP contribution in [0, 0.1) is 24.5 Å². The maximum Gasteiger partial charge on any atom is 0.166 e. The van der Waals surface area contributed by atoms with Crippen LogP contribution in [0.3, 0.4) is 0 Å². The number of rotatable bonds is 4. The zero-order valence-electron chi connectivity index (χ0n) is 16.8. The van der Waals surface area contributed by atoms with Crippen LogP contribution in [0.5, 0.6) is 0 Å². The first-order valence-electron chi connectivity index (χ1n) is 10.6. The van der Waals surface area contributed by atoms with Crippen LogP contribution in [-0.2, 0) is 0 Å². The lowest BCUT2D eigenvalue weighted by atomic mass is 9.77. The Morgan fingerprint density at radius 1 is 0.821 bits per heavy atom. The predicted octanol–water partition coefficient (Wildman–Crippen LogP) is 8.17. The van der Waals surface area contributed by atoms with Gasteiger partial charge in [-0.05, 0) is 78.0 Å². The van der Waals surface area contributed by atoms with Gasteiger partial charge in [-0.15, -0.1) is 0 Å². The first kappa shape index (κ1) is 19.1. The maximum absolute atomic E-state index is 14.4. The van der Waals surface area contributed by atoms with E-state index in [-0.39, 0.29) is 0 Å². The summed E-state index contributed by atoms with van der Waals surface area (Å²) in [5, 5.41) is 2.24. The third-order valence-electron chi connectivity index (χ3n) is 6.47. The average Bonchev–Trinajstić information content (AvgIpc) is 2.72. The standard InChI is InChI=1S/C26H28F2/c1-3-4-18-6-8-19(9-7-18)20-10-11-22-16-23(13-12-21(22)15-20)24-14-5-17(2)25(27)26(24)28/h5,10-16,18-19H,3-4,6-9H2,1-2H3. The van der Waals surface area contributed by atoms with Crippen LogP contribution in [0.1, 0.15) is 62.5 Å². The van der Waals surface area contributed by atoms with Crippen LogP contribution in [-0.4, -0.2) is 0 Å². The Morgan fingerprint density at radius 3 is 2.29 bits per heavy atom. The van der Waals surface area contributed by atoms with Crippen LogP contribution in [0.2, 0.25) is 0 Å². The number of aryl methyl sites for hydroxylation is 1. The predicted molar refractivity (Wildman–Crippen MR) is 114 cm³/mol. The molecule has 0 atom stereocenters. The Bertz CT molecular complexity index is 981. The van der Waals surface area contributed by atoms with Crippen molar-refractivity contribution >= 4 is 10.8 Å². The summed E-state index contributed by atoms with van der Waals surface area (Å²) in [4.78, 5) is 0. The van der Waals surface area contributed by atoms with Crippen LogP contribution >= 0.6 is 0 Å². The van der Waals surface area contributed by atoms with E-state index in [0.717, 1.165) is 16.9 Å². The minimum atomic E-state index is -0.764. The summed E-state index contributed by atoms with van der Waals surface area (Å²) in [6.07, 6.45) is 7.90. The summed E-state index contributed by atoms with van der Waals surface area (Å²) in [6, 6.07) is 15.8. The molecule has 0 unspecified atom stereocenters. The summed E-state index contributed by atoms with van der Waals surface area (Å²) in [7, 11) is 0. The second-order valence-electron chi connectivity index (χ2n) is 8.39. The monoisotopic (exact) mass is 378 g/mol. The first-order valence-corrected chi connectivity index (χ1v) is 10.6. The fraction of sp³-hybridized carbons (Fsp3) is 0.385. The van der Waals surface area contributed by atoms with E-state index in [1.165, 1.54) is 49.5 Å². The quantitative estimate of drug-likeness (QED) is 0.429. The third-order valence-corrected chi connectivity index (χ3v) is 6.47. The van der Waals surface area contributed by atoms with Gasteiger partial charge in [-0.25, -0.2) is 8.78 Å². The molecule has 28 heavy (non-hydrogen) atoms. The highest BCUT2D eigenvalue weighted by Gasteiger charge is 2.22. The molecule has 3 aromatic carbocycles. The molecular formula is C26H28F2. The van der Waals surface area contributed by atoms with Crippen LogP contribution in [0.15, 0.2) is 48.5 Å². The molecule has 4 rings (SSSR count). The van der Waals surface area contributed by atoms with Gasteiger partial charge in [0.1, 0.15) is 0 Å². The molecule has 0 aliphatic heterocycles. The fourth-order valence-corrected chi connectivity index (χ4v) is 4.75. The lowest BCUT2D eigenvalue weighted by Gasteiger charge is -2.28. The Kier molecular flexibility index (Phi) is 5.48. The van der Waals surface area contributed by atoms with Gasteiger partial charge in [-0.2, -0.15) is 0 Å². The molecule has 1 saturated carbocycles. The molecule has 1 aliphatic carbocycles. The molecule has 0 spiro atoms. The SMILES string of the molecule is CCCC1CCC(c2ccc3cc(-c4ccc(C)c(F)c4F)ccc3c2)CC1. The highest BCUT2D eigenvalue weighted by Crippen LogP contribution is 2.38. The van der Waals surface area contributed by atoms with E-state index in [1.807, 2.05) is 18.2 Å². The number of benzene rings is 3. The minimum absolute atomic E-state index is 0.323. The van der Waals surface area contributed by atoms with Gasteiger partial charge in [0.2, 0.25) is 0 Å². The van der Waals surface area contributed by atoms with Crippen molar-refractivity contribution in [3.63, 3.8) is 0 Å². The molecule has 0 saturated heterocycles. The molecule has 0 aromatic heterocycles. The molecule has 2 heteroatoms. The van der Waals surface area contributed by atoms with Gasteiger partial charge in [-0.1, -0.05) is 62.2 Å². The highest BCUT2D eigenvalue weighted by molar-refractivity contribution is 5.88. The summed E-state index contributed by atoms with van der Waals surface area (Å²) >= 11 is 0. The van der Waals surface area contributed by atoms with Crippen molar-refractivity contribution in [1.29, 1.82) is 0 Å². The van der Waals surface area contributed by atoms with E-state index >= 15 is 0 Å². The summed E-state index contributed by atoms with van der Waals surface area (Å²) in [6.45, 7) is 3.86. The molecule has 1 fully saturated rings. The van der Waals surface area contributed by atoms with Gasteiger partial charge in [0, 0.05) is 5.56 Å². The summed E-state index contributed by atoms with van der Waals surface area (Å²) in [5.74, 6) is 0.0429. The first-order chi connectivity index (χ1) is 13.6. The fourth-order valence-electron chi connectivity index (χ4n) is 4.75. The zero-order valence-corrected chi connectivity index (χ0v) is 16.8. The average molecular weight is 379 g/mol. The van der Waals surface area contributed by atoms with E-state index in [0.29, 0.717) is 17.0 Å².